The van der Waals surface area contributed by atoms with E-state index in [9.17, 15) is 0 Å². The first-order valence-electron chi connectivity index (χ1n) is 6.40. The van der Waals surface area contributed by atoms with Gasteiger partial charge in [-0.15, -0.1) is 11.3 Å². The van der Waals surface area contributed by atoms with Crippen LogP contribution in [0.4, 0.5) is 0 Å². The lowest BCUT2D eigenvalue weighted by molar-refractivity contribution is 0.0567. The van der Waals surface area contributed by atoms with Gasteiger partial charge in [0.1, 0.15) is 0 Å². The quantitative estimate of drug-likeness (QED) is 0.896. The molecule has 1 aliphatic rings. The van der Waals surface area contributed by atoms with Crippen molar-refractivity contribution < 1.29 is 0 Å². The van der Waals surface area contributed by atoms with Crippen molar-refractivity contribution in [2.75, 3.05) is 13.1 Å². The maximum atomic E-state index is 4.58. The van der Waals surface area contributed by atoms with Crippen molar-refractivity contribution in [1.29, 1.82) is 0 Å². The second-order valence-corrected chi connectivity index (χ2v) is 6.60. The SMILES string of the molecule is CCC1CN(Cc2csc(C)n2)C(C)(C)CN1. The normalized spacial score (nSPS) is 25.1. The summed E-state index contributed by atoms with van der Waals surface area (Å²) in [6.07, 6.45) is 1.20. The fourth-order valence-corrected chi connectivity index (χ4v) is 2.92. The fourth-order valence-electron chi connectivity index (χ4n) is 2.31. The summed E-state index contributed by atoms with van der Waals surface area (Å²) in [5, 5.41) is 6.98. The smallest absolute Gasteiger partial charge is 0.0897 e. The van der Waals surface area contributed by atoms with Crippen LogP contribution in [0.5, 0.6) is 0 Å². The van der Waals surface area contributed by atoms with Crippen molar-refractivity contribution in [3.8, 4) is 0 Å². The Balaban J connectivity index is 2.05. The van der Waals surface area contributed by atoms with Crippen molar-refractivity contribution in [3.63, 3.8) is 0 Å². The predicted molar refractivity (Wildman–Crippen MR) is 73.4 cm³/mol. The molecular weight excluding hydrogens is 230 g/mol. The molecule has 0 saturated carbocycles. The van der Waals surface area contributed by atoms with E-state index in [1.165, 1.54) is 17.1 Å². The van der Waals surface area contributed by atoms with E-state index in [1.807, 2.05) is 0 Å². The highest BCUT2D eigenvalue weighted by molar-refractivity contribution is 7.09. The van der Waals surface area contributed by atoms with E-state index in [4.69, 9.17) is 0 Å². The summed E-state index contributed by atoms with van der Waals surface area (Å²) in [6, 6.07) is 0.628. The zero-order valence-electron chi connectivity index (χ0n) is 11.3. The molecule has 0 radical (unpaired) electrons. The molecule has 0 bridgehead atoms. The number of thiazole rings is 1. The number of rotatable bonds is 3. The third-order valence-corrected chi connectivity index (χ3v) is 4.45. The highest BCUT2D eigenvalue weighted by Crippen LogP contribution is 2.22. The third-order valence-electron chi connectivity index (χ3n) is 3.63. The number of hydrogen-bond donors (Lipinski definition) is 1. The Hall–Kier alpha value is -0.450. The van der Waals surface area contributed by atoms with E-state index in [0.717, 1.165) is 19.6 Å². The molecule has 1 aliphatic heterocycles. The summed E-state index contributed by atoms with van der Waals surface area (Å²) in [4.78, 5) is 7.14. The van der Waals surface area contributed by atoms with E-state index in [2.05, 4.69) is 48.3 Å². The van der Waals surface area contributed by atoms with Crippen LogP contribution in [-0.4, -0.2) is 34.6 Å². The van der Waals surface area contributed by atoms with E-state index in [1.54, 1.807) is 11.3 Å². The van der Waals surface area contributed by atoms with Gasteiger partial charge in [0, 0.05) is 36.6 Å². The molecule has 1 N–H and O–H groups in total. The lowest BCUT2D eigenvalue weighted by Crippen LogP contribution is -2.61. The van der Waals surface area contributed by atoms with Gasteiger partial charge in [-0.05, 0) is 27.2 Å². The van der Waals surface area contributed by atoms with Crippen LogP contribution in [0, 0.1) is 6.92 Å². The Labute approximate surface area is 108 Å². The van der Waals surface area contributed by atoms with Crippen LogP contribution >= 0.6 is 11.3 Å². The molecule has 2 rings (SSSR count). The van der Waals surface area contributed by atoms with Crippen molar-refractivity contribution >= 4 is 11.3 Å². The molecule has 4 heteroatoms. The van der Waals surface area contributed by atoms with Crippen molar-refractivity contribution in [2.24, 2.45) is 0 Å². The molecule has 1 atom stereocenters. The van der Waals surface area contributed by atoms with Gasteiger partial charge in [-0.1, -0.05) is 6.92 Å². The van der Waals surface area contributed by atoms with Gasteiger partial charge in [0.15, 0.2) is 0 Å². The van der Waals surface area contributed by atoms with Gasteiger partial charge >= 0.3 is 0 Å². The zero-order valence-corrected chi connectivity index (χ0v) is 12.1. The first-order chi connectivity index (χ1) is 8.01. The fraction of sp³-hybridized carbons (Fsp3) is 0.769. The van der Waals surface area contributed by atoms with Gasteiger partial charge in [-0.2, -0.15) is 0 Å². The first kappa shape index (κ1) is 13.0. The van der Waals surface area contributed by atoms with E-state index in [0.29, 0.717) is 6.04 Å². The molecule has 1 saturated heterocycles. The lowest BCUT2D eigenvalue weighted by Gasteiger charge is -2.45. The first-order valence-corrected chi connectivity index (χ1v) is 7.28. The minimum atomic E-state index is 0.225. The summed E-state index contributed by atoms with van der Waals surface area (Å²) in [7, 11) is 0. The molecule has 0 aliphatic carbocycles. The van der Waals surface area contributed by atoms with Gasteiger partial charge in [0.2, 0.25) is 0 Å². The Morgan fingerprint density at radius 3 is 2.94 bits per heavy atom. The molecule has 17 heavy (non-hydrogen) atoms. The molecule has 96 valence electrons. The summed E-state index contributed by atoms with van der Waals surface area (Å²) in [6.45, 7) is 12.1. The molecule has 1 aromatic heterocycles. The van der Waals surface area contributed by atoms with Crippen LogP contribution in [0.3, 0.4) is 0 Å². The molecule has 0 aromatic carbocycles. The summed E-state index contributed by atoms with van der Waals surface area (Å²) in [5.74, 6) is 0. The predicted octanol–water partition coefficient (Wildman–Crippen LogP) is 2.41. The average Bonchev–Trinajstić information content (AvgIpc) is 2.67. The largest absolute Gasteiger partial charge is 0.311 e. The third kappa shape index (κ3) is 3.06. The number of aromatic nitrogens is 1. The monoisotopic (exact) mass is 253 g/mol. The van der Waals surface area contributed by atoms with Crippen molar-refractivity contribution in [2.45, 2.75) is 52.2 Å². The van der Waals surface area contributed by atoms with Crippen molar-refractivity contribution in [1.82, 2.24) is 15.2 Å². The summed E-state index contributed by atoms with van der Waals surface area (Å²) >= 11 is 1.75. The minimum absolute atomic E-state index is 0.225. The number of piperazine rings is 1. The van der Waals surface area contributed by atoms with Crippen LogP contribution in [0.15, 0.2) is 5.38 Å². The van der Waals surface area contributed by atoms with Crippen molar-refractivity contribution in [3.05, 3.63) is 16.1 Å². The topological polar surface area (TPSA) is 28.2 Å². The Morgan fingerprint density at radius 2 is 2.35 bits per heavy atom. The van der Waals surface area contributed by atoms with Gasteiger partial charge < -0.3 is 5.32 Å². The molecular formula is C13H23N3S. The molecule has 1 fully saturated rings. The van der Waals surface area contributed by atoms with E-state index < -0.39 is 0 Å². The molecule has 1 aromatic rings. The van der Waals surface area contributed by atoms with Gasteiger partial charge in [-0.3, -0.25) is 4.90 Å². The van der Waals surface area contributed by atoms with E-state index in [-0.39, 0.29) is 5.54 Å². The molecule has 2 heterocycles. The number of aryl methyl sites for hydroxylation is 1. The molecule has 0 spiro atoms. The van der Waals surface area contributed by atoms with Crippen LogP contribution in [0.2, 0.25) is 0 Å². The molecule has 0 amide bonds. The zero-order chi connectivity index (χ0) is 12.5. The van der Waals surface area contributed by atoms with E-state index >= 15 is 0 Å². The highest BCUT2D eigenvalue weighted by Gasteiger charge is 2.33. The maximum Gasteiger partial charge on any atom is 0.0897 e. The number of nitrogens with zero attached hydrogens (tertiary/aromatic N) is 2. The van der Waals surface area contributed by atoms with Crippen LogP contribution in [0.1, 0.15) is 37.9 Å². The summed E-state index contributed by atoms with van der Waals surface area (Å²) in [5.41, 5.74) is 1.45. The van der Waals surface area contributed by atoms with Gasteiger partial charge in [0.05, 0.1) is 10.7 Å². The maximum absolute atomic E-state index is 4.58. The average molecular weight is 253 g/mol. The Kier molecular flexibility index (Phi) is 3.85. The van der Waals surface area contributed by atoms with Gasteiger partial charge in [0.25, 0.3) is 0 Å². The highest BCUT2D eigenvalue weighted by atomic mass is 32.1. The van der Waals surface area contributed by atoms with Crippen LogP contribution in [-0.2, 0) is 6.54 Å². The lowest BCUT2D eigenvalue weighted by atomic mass is 9.96. The molecule has 3 nitrogen and oxygen atoms in total. The number of nitrogens with one attached hydrogen (secondary N) is 1. The van der Waals surface area contributed by atoms with Gasteiger partial charge in [-0.25, -0.2) is 4.98 Å². The Morgan fingerprint density at radius 1 is 1.59 bits per heavy atom. The second kappa shape index (κ2) is 5.04. The van der Waals surface area contributed by atoms with Crippen LogP contribution < -0.4 is 5.32 Å². The minimum Gasteiger partial charge on any atom is -0.311 e. The Bertz CT molecular complexity index is 372. The summed E-state index contributed by atoms with van der Waals surface area (Å²) < 4.78 is 0. The van der Waals surface area contributed by atoms with Crippen LogP contribution in [0.25, 0.3) is 0 Å². The molecule has 1 unspecified atom stereocenters. The second-order valence-electron chi connectivity index (χ2n) is 5.54. The number of hydrogen-bond acceptors (Lipinski definition) is 4. The standard InChI is InChI=1S/C13H23N3S/c1-5-11-6-16(13(3,4)9-14-11)7-12-8-17-10(2)15-12/h8,11,14H,5-7,9H2,1-4H3.